The molecule has 0 radical (unpaired) electrons. The van der Waals surface area contributed by atoms with Crippen LogP contribution in [0.25, 0.3) is 0 Å². The molecule has 1 aliphatic carbocycles. The molecule has 1 unspecified atom stereocenters. The molecule has 0 aliphatic heterocycles. The molecule has 1 aliphatic rings. The van der Waals surface area contributed by atoms with E-state index >= 15 is 0 Å². The second-order valence-electron chi connectivity index (χ2n) is 7.66. The Bertz CT molecular complexity index is 999. The van der Waals surface area contributed by atoms with E-state index in [0.29, 0.717) is 16.9 Å². The van der Waals surface area contributed by atoms with E-state index in [1.165, 1.54) is 0 Å². The van der Waals surface area contributed by atoms with Gasteiger partial charge in [-0.25, -0.2) is 4.79 Å². The van der Waals surface area contributed by atoms with Crippen molar-refractivity contribution in [2.24, 2.45) is 5.73 Å². The summed E-state index contributed by atoms with van der Waals surface area (Å²) in [5.41, 5.74) is 6.65. The number of hydrogen-bond acceptors (Lipinski definition) is 4. The number of para-hydroxylation sites is 1. The maximum absolute atomic E-state index is 13.1. The van der Waals surface area contributed by atoms with E-state index in [1.54, 1.807) is 30.3 Å². The molecule has 0 aromatic heterocycles. The van der Waals surface area contributed by atoms with Gasteiger partial charge in [0.25, 0.3) is 5.91 Å². The summed E-state index contributed by atoms with van der Waals surface area (Å²) in [5, 5.41) is 12.7. The van der Waals surface area contributed by atoms with Crippen LogP contribution in [0, 0.1) is 6.92 Å². The van der Waals surface area contributed by atoms with Crippen molar-refractivity contribution >= 4 is 17.8 Å². The van der Waals surface area contributed by atoms with Gasteiger partial charge in [-0.1, -0.05) is 18.2 Å². The van der Waals surface area contributed by atoms with E-state index in [-0.39, 0.29) is 24.5 Å². The number of nitrogens with one attached hydrogen (secondary N) is 1. The maximum Gasteiger partial charge on any atom is 0.330 e. The summed E-state index contributed by atoms with van der Waals surface area (Å²) in [6.45, 7) is 5.55. The van der Waals surface area contributed by atoms with Gasteiger partial charge in [0.1, 0.15) is 11.3 Å². The fourth-order valence-corrected chi connectivity index (χ4v) is 3.63. The van der Waals surface area contributed by atoms with Gasteiger partial charge >= 0.3 is 5.97 Å². The molecule has 0 heterocycles. The summed E-state index contributed by atoms with van der Waals surface area (Å²) < 4.78 is 5.80. The number of rotatable bonds is 6. The number of nitrogens with two attached hydrogens (primary N) is 1. The van der Waals surface area contributed by atoms with Gasteiger partial charge in [-0.05, 0) is 55.7 Å². The van der Waals surface area contributed by atoms with Crippen LogP contribution >= 0.6 is 0 Å². The van der Waals surface area contributed by atoms with Crippen LogP contribution < -0.4 is 15.8 Å². The second-order valence-corrected chi connectivity index (χ2v) is 7.66. The number of carbonyl (C=O) groups excluding carboxylic acids is 2. The van der Waals surface area contributed by atoms with E-state index in [1.807, 2.05) is 26.8 Å². The van der Waals surface area contributed by atoms with E-state index in [2.05, 4.69) is 5.32 Å². The number of aliphatic carboxylic acids is 1. The minimum atomic E-state index is -1.51. The highest BCUT2D eigenvalue weighted by Gasteiger charge is 2.46. The van der Waals surface area contributed by atoms with Crippen molar-refractivity contribution in [3.05, 3.63) is 64.2 Å². The zero-order valence-corrected chi connectivity index (χ0v) is 16.6. The van der Waals surface area contributed by atoms with Gasteiger partial charge in [-0.15, -0.1) is 0 Å². The third-order valence-corrected chi connectivity index (χ3v) is 5.05. The van der Waals surface area contributed by atoms with Gasteiger partial charge in [0.05, 0.1) is 11.7 Å². The predicted octanol–water partition coefficient (Wildman–Crippen LogP) is 2.23. The molecule has 7 heteroatoms. The number of fused-ring (bicyclic) bond motifs is 1. The Morgan fingerprint density at radius 2 is 1.83 bits per heavy atom. The smallest absolute Gasteiger partial charge is 0.330 e. The van der Waals surface area contributed by atoms with Crippen LogP contribution in [-0.2, 0) is 17.6 Å². The first-order valence-electron chi connectivity index (χ1n) is 9.37. The molecule has 29 heavy (non-hydrogen) atoms. The topological polar surface area (TPSA) is 119 Å². The third-order valence-electron chi connectivity index (χ3n) is 5.05. The number of benzene rings is 2. The number of amides is 2. The lowest BCUT2D eigenvalue weighted by Gasteiger charge is -2.26. The first-order chi connectivity index (χ1) is 13.6. The Morgan fingerprint density at radius 1 is 1.14 bits per heavy atom. The molecule has 2 amide bonds. The summed E-state index contributed by atoms with van der Waals surface area (Å²) in [7, 11) is 0. The molecule has 152 valence electrons. The largest absolute Gasteiger partial charge is 0.490 e. The minimum Gasteiger partial charge on any atom is -0.490 e. The van der Waals surface area contributed by atoms with Gasteiger partial charge < -0.3 is 20.9 Å². The summed E-state index contributed by atoms with van der Waals surface area (Å²) >= 11 is 0. The number of hydrogen-bond donors (Lipinski definition) is 3. The van der Waals surface area contributed by atoms with E-state index in [4.69, 9.17) is 10.5 Å². The lowest BCUT2D eigenvalue weighted by molar-refractivity contribution is -0.144. The molecule has 0 bridgehead atoms. The minimum absolute atomic E-state index is 0.0662. The van der Waals surface area contributed by atoms with Crippen LogP contribution in [0.5, 0.6) is 5.75 Å². The standard InChI is InChI=1S/C22H24N2O5/c1-12(2)29-18-13(3)5-4-6-17(18)20(26)24-22(21(27)28)10-15-8-7-14(19(23)25)9-16(15)11-22/h4-9,12H,10-11H2,1-3H3,(H2,23,25)(H,24,26)(H,27,28). The van der Waals surface area contributed by atoms with Crippen molar-refractivity contribution in [1.82, 2.24) is 5.32 Å². The number of primary amides is 1. The maximum atomic E-state index is 13.1. The van der Waals surface area contributed by atoms with E-state index in [9.17, 15) is 19.5 Å². The molecular weight excluding hydrogens is 372 g/mol. The number of carboxylic acid groups (broad SMARTS) is 1. The van der Waals surface area contributed by atoms with Crippen molar-refractivity contribution in [3.8, 4) is 5.75 Å². The van der Waals surface area contributed by atoms with Gasteiger partial charge in [0, 0.05) is 18.4 Å². The first-order valence-corrected chi connectivity index (χ1v) is 9.37. The van der Waals surface area contributed by atoms with Crippen LogP contribution in [-0.4, -0.2) is 34.5 Å². The number of carbonyl (C=O) groups is 3. The number of carboxylic acids is 1. The molecule has 0 saturated carbocycles. The van der Waals surface area contributed by atoms with Gasteiger partial charge in [-0.2, -0.15) is 0 Å². The highest BCUT2D eigenvalue weighted by atomic mass is 16.5. The molecule has 3 rings (SSSR count). The Kier molecular flexibility index (Phi) is 5.33. The average Bonchev–Trinajstić information content (AvgIpc) is 3.01. The van der Waals surface area contributed by atoms with Gasteiger partial charge in [0.2, 0.25) is 5.91 Å². The monoisotopic (exact) mass is 396 g/mol. The molecule has 0 fully saturated rings. The fourth-order valence-electron chi connectivity index (χ4n) is 3.63. The molecule has 4 N–H and O–H groups in total. The van der Waals surface area contributed by atoms with Crippen LogP contribution in [0.15, 0.2) is 36.4 Å². The van der Waals surface area contributed by atoms with Gasteiger partial charge in [0.15, 0.2) is 0 Å². The van der Waals surface area contributed by atoms with Crippen molar-refractivity contribution in [1.29, 1.82) is 0 Å². The average molecular weight is 396 g/mol. The summed E-state index contributed by atoms with van der Waals surface area (Å²) in [6.07, 6.45) is 0.0461. The van der Waals surface area contributed by atoms with Crippen molar-refractivity contribution < 1.29 is 24.2 Å². The highest BCUT2D eigenvalue weighted by molar-refractivity contribution is 6.01. The van der Waals surface area contributed by atoms with Crippen molar-refractivity contribution in [2.75, 3.05) is 0 Å². The number of ether oxygens (including phenoxy) is 1. The molecule has 2 aromatic carbocycles. The highest BCUT2D eigenvalue weighted by Crippen LogP contribution is 2.33. The van der Waals surface area contributed by atoms with Crippen LogP contribution in [0.1, 0.15) is 51.3 Å². The third kappa shape index (κ3) is 3.94. The van der Waals surface area contributed by atoms with Crippen LogP contribution in [0.2, 0.25) is 0 Å². The lowest BCUT2D eigenvalue weighted by atomic mass is 9.94. The zero-order chi connectivity index (χ0) is 21.3. The summed E-state index contributed by atoms with van der Waals surface area (Å²) in [5.74, 6) is -1.80. The fraction of sp³-hybridized carbons (Fsp3) is 0.318. The van der Waals surface area contributed by atoms with Gasteiger partial charge in [-0.3, -0.25) is 9.59 Å². The molecule has 0 saturated heterocycles. The first kappa shape index (κ1) is 20.4. The van der Waals surface area contributed by atoms with Crippen molar-refractivity contribution in [3.63, 3.8) is 0 Å². The van der Waals surface area contributed by atoms with Crippen LogP contribution in [0.3, 0.4) is 0 Å². The Hall–Kier alpha value is -3.35. The normalized spacial score (nSPS) is 17.7. The molecular formula is C22H24N2O5. The zero-order valence-electron chi connectivity index (χ0n) is 16.6. The molecule has 7 nitrogen and oxygen atoms in total. The Labute approximate surface area is 168 Å². The summed E-state index contributed by atoms with van der Waals surface area (Å²) in [4.78, 5) is 36.7. The lowest BCUT2D eigenvalue weighted by Crippen LogP contribution is -2.55. The molecule has 0 spiro atoms. The Balaban J connectivity index is 1.93. The quantitative estimate of drug-likeness (QED) is 0.692. The van der Waals surface area contributed by atoms with Crippen molar-refractivity contribution in [2.45, 2.75) is 45.3 Å². The summed E-state index contributed by atoms with van der Waals surface area (Å²) in [6, 6.07) is 10.0. The molecule has 2 aromatic rings. The molecule has 1 atom stereocenters. The van der Waals surface area contributed by atoms with E-state index < -0.39 is 23.3 Å². The SMILES string of the molecule is Cc1cccc(C(=O)NC2(C(=O)O)Cc3ccc(C(N)=O)cc3C2)c1OC(C)C. The Morgan fingerprint density at radius 3 is 2.45 bits per heavy atom. The number of aryl methyl sites for hydroxylation is 1. The van der Waals surface area contributed by atoms with Crippen LogP contribution in [0.4, 0.5) is 0 Å². The van der Waals surface area contributed by atoms with E-state index in [0.717, 1.165) is 11.1 Å². The second kappa shape index (κ2) is 7.58. The predicted molar refractivity (Wildman–Crippen MR) is 107 cm³/mol.